The zero-order valence-corrected chi connectivity index (χ0v) is 12.9. The molecule has 2 aromatic heterocycles. The fourth-order valence-electron chi connectivity index (χ4n) is 3.30. The van der Waals surface area contributed by atoms with Crippen molar-refractivity contribution in [1.29, 1.82) is 0 Å². The number of hydrogen-bond donors (Lipinski definition) is 1. The average molecular weight is 310 g/mol. The van der Waals surface area contributed by atoms with Crippen LogP contribution in [0.1, 0.15) is 32.1 Å². The number of aromatic nitrogens is 3. The van der Waals surface area contributed by atoms with E-state index in [1.807, 2.05) is 22.9 Å². The topological polar surface area (TPSA) is 42.7 Å². The van der Waals surface area contributed by atoms with Crippen LogP contribution in [0.4, 0.5) is 10.3 Å². The summed E-state index contributed by atoms with van der Waals surface area (Å²) in [5.74, 6) is 1.23. The van der Waals surface area contributed by atoms with Crippen LogP contribution in [0.15, 0.2) is 42.7 Å². The lowest BCUT2D eigenvalue weighted by atomic mass is 9.96. The summed E-state index contributed by atoms with van der Waals surface area (Å²) in [5.41, 5.74) is 0.939. The Bertz CT molecular complexity index is 821. The molecule has 0 atom stereocenters. The van der Waals surface area contributed by atoms with Gasteiger partial charge in [-0.3, -0.25) is 0 Å². The Labute approximate surface area is 134 Å². The number of nitrogens with one attached hydrogen (secondary N) is 1. The summed E-state index contributed by atoms with van der Waals surface area (Å²) in [5, 5.41) is 4.31. The minimum Gasteiger partial charge on any atom is -0.351 e. The van der Waals surface area contributed by atoms with E-state index in [1.54, 1.807) is 12.3 Å². The molecule has 1 fully saturated rings. The molecule has 1 aliphatic carbocycles. The van der Waals surface area contributed by atoms with Gasteiger partial charge in [0, 0.05) is 23.8 Å². The first-order valence-electron chi connectivity index (χ1n) is 8.16. The molecule has 118 valence electrons. The lowest BCUT2D eigenvalue weighted by molar-refractivity contribution is 0.461. The van der Waals surface area contributed by atoms with Crippen molar-refractivity contribution in [2.75, 3.05) is 5.32 Å². The fourth-order valence-corrected chi connectivity index (χ4v) is 3.30. The summed E-state index contributed by atoms with van der Waals surface area (Å²) in [7, 11) is 0. The van der Waals surface area contributed by atoms with Crippen molar-refractivity contribution in [3.8, 4) is 5.82 Å². The van der Waals surface area contributed by atoms with Crippen molar-refractivity contribution in [2.24, 2.45) is 0 Å². The van der Waals surface area contributed by atoms with Gasteiger partial charge in [-0.2, -0.15) is 4.98 Å². The Morgan fingerprint density at radius 1 is 1.09 bits per heavy atom. The van der Waals surface area contributed by atoms with E-state index in [0.29, 0.717) is 12.0 Å². The van der Waals surface area contributed by atoms with Crippen molar-refractivity contribution >= 4 is 16.9 Å². The number of anilines is 1. The predicted octanol–water partition coefficient (Wildman–Crippen LogP) is 4.30. The van der Waals surface area contributed by atoms with Crippen molar-refractivity contribution in [2.45, 2.75) is 38.1 Å². The maximum absolute atomic E-state index is 13.3. The monoisotopic (exact) mass is 310 g/mol. The van der Waals surface area contributed by atoms with Crippen LogP contribution >= 0.6 is 0 Å². The van der Waals surface area contributed by atoms with Gasteiger partial charge in [-0.05, 0) is 43.2 Å². The molecule has 3 aromatic rings. The van der Waals surface area contributed by atoms with Gasteiger partial charge < -0.3 is 9.88 Å². The van der Waals surface area contributed by atoms with E-state index in [1.165, 1.54) is 44.2 Å². The second-order valence-corrected chi connectivity index (χ2v) is 6.11. The van der Waals surface area contributed by atoms with E-state index in [-0.39, 0.29) is 5.82 Å². The Kier molecular flexibility index (Phi) is 3.69. The number of nitrogens with zero attached hydrogens (tertiary/aromatic N) is 3. The van der Waals surface area contributed by atoms with E-state index in [2.05, 4.69) is 15.3 Å². The van der Waals surface area contributed by atoms with E-state index in [4.69, 9.17) is 0 Å². The number of halogens is 1. The van der Waals surface area contributed by atoms with Crippen LogP contribution in [0.25, 0.3) is 16.7 Å². The zero-order chi connectivity index (χ0) is 15.6. The van der Waals surface area contributed by atoms with Gasteiger partial charge in [0.05, 0.1) is 5.52 Å². The van der Waals surface area contributed by atoms with Crippen LogP contribution in [-0.2, 0) is 0 Å². The summed E-state index contributed by atoms with van der Waals surface area (Å²) in [6, 6.07) is 9.02. The van der Waals surface area contributed by atoms with Gasteiger partial charge in [-0.25, -0.2) is 9.37 Å². The first-order valence-corrected chi connectivity index (χ1v) is 8.16. The SMILES string of the molecule is Fc1ccc2c(ccn2-c2ccnc(NC3CCCCC3)n2)c1. The molecule has 0 spiro atoms. The molecule has 0 aliphatic heterocycles. The molecule has 1 aliphatic rings. The summed E-state index contributed by atoms with van der Waals surface area (Å²) in [6.45, 7) is 0. The van der Waals surface area contributed by atoms with Gasteiger partial charge >= 0.3 is 0 Å². The second-order valence-electron chi connectivity index (χ2n) is 6.11. The van der Waals surface area contributed by atoms with Gasteiger partial charge in [0.1, 0.15) is 11.6 Å². The van der Waals surface area contributed by atoms with Gasteiger partial charge in [0.25, 0.3) is 0 Å². The van der Waals surface area contributed by atoms with E-state index in [0.717, 1.165) is 16.7 Å². The first kappa shape index (κ1) is 14.2. The van der Waals surface area contributed by atoms with Gasteiger partial charge in [-0.15, -0.1) is 0 Å². The number of hydrogen-bond acceptors (Lipinski definition) is 3. The highest BCUT2D eigenvalue weighted by Crippen LogP contribution is 2.22. The molecular weight excluding hydrogens is 291 g/mol. The van der Waals surface area contributed by atoms with Gasteiger partial charge in [0.2, 0.25) is 5.95 Å². The van der Waals surface area contributed by atoms with Crippen molar-refractivity contribution in [1.82, 2.24) is 14.5 Å². The Morgan fingerprint density at radius 2 is 1.96 bits per heavy atom. The summed E-state index contributed by atoms with van der Waals surface area (Å²) < 4.78 is 15.3. The van der Waals surface area contributed by atoms with Crippen LogP contribution in [0.3, 0.4) is 0 Å². The van der Waals surface area contributed by atoms with E-state index < -0.39 is 0 Å². The fraction of sp³-hybridized carbons (Fsp3) is 0.333. The summed E-state index contributed by atoms with van der Waals surface area (Å²) in [4.78, 5) is 8.97. The van der Waals surface area contributed by atoms with Crippen LogP contribution in [0.2, 0.25) is 0 Å². The third kappa shape index (κ3) is 2.91. The molecule has 0 radical (unpaired) electrons. The first-order chi connectivity index (χ1) is 11.3. The lowest BCUT2D eigenvalue weighted by Gasteiger charge is -2.22. The summed E-state index contributed by atoms with van der Waals surface area (Å²) >= 11 is 0. The van der Waals surface area contributed by atoms with Crippen LogP contribution in [0.5, 0.6) is 0 Å². The molecule has 0 bridgehead atoms. The van der Waals surface area contributed by atoms with Crippen molar-refractivity contribution in [3.05, 3.63) is 48.5 Å². The molecule has 1 N–H and O–H groups in total. The maximum atomic E-state index is 13.3. The zero-order valence-electron chi connectivity index (χ0n) is 12.9. The number of rotatable bonds is 3. The minimum atomic E-state index is -0.224. The molecule has 2 heterocycles. The van der Waals surface area contributed by atoms with Gasteiger partial charge in [0.15, 0.2) is 0 Å². The maximum Gasteiger partial charge on any atom is 0.224 e. The predicted molar refractivity (Wildman–Crippen MR) is 89.3 cm³/mol. The average Bonchev–Trinajstić information content (AvgIpc) is 2.99. The summed E-state index contributed by atoms with van der Waals surface area (Å²) in [6.07, 6.45) is 9.90. The second kappa shape index (κ2) is 5.99. The van der Waals surface area contributed by atoms with Crippen molar-refractivity contribution < 1.29 is 4.39 Å². The Morgan fingerprint density at radius 3 is 2.83 bits per heavy atom. The highest BCUT2D eigenvalue weighted by atomic mass is 19.1. The van der Waals surface area contributed by atoms with E-state index >= 15 is 0 Å². The molecule has 1 saturated carbocycles. The molecule has 1 aromatic carbocycles. The number of benzene rings is 1. The highest BCUT2D eigenvalue weighted by Gasteiger charge is 2.14. The smallest absolute Gasteiger partial charge is 0.224 e. The third-order valence-electron chi connectivity index (χ3n) is 4.48. The molecule has 4 nitrogen and oxygen atoms in total. The molecule has 23 heavy (non-hydrogen) atoms. The van der Waals surface area contributed by atoms with Gasteiger partial charge in [-0.1, -0.05) is 19.3 Å². The number of fused-ring (bicyclic) bond motifs is 1. The minimum absolute atomic E-state index is 0.224. The standard InChI is InChI=1S/C18H19FN4/c19-14-6-7-16-13(12-14)9-11-23(16)17-8-10-20-18(22-17)21-15-4-2-1-3-5-15/h6-12,15H,1-5H2,(H,20,21,22). The highest BCUT2D eigenvalue weighted by molar-refractivity contribution is 5.81. The van der Waals surface area contributed by atoms with Crippen LogP contribution < -0.4 is 5.32 Å². The lowest BCUT2D eigenvalue weighted by Crippen LogP contribution is -2.23. The molecule has 4 rings (SSSR count). The third-order valence-corrected chi connectivity index (χ3v) is 4.48. The Hall–Kier alpha value is -2.43. The molecule has 0 unspecified atom stereocenters. The molecule has 0 saturated heterocycles. The van der Waals surface area contributed by atoms with Crippen molar-refractivity contribution in [3.63, 3.8) is 0 Å². The normalized spacial score (nSPS) is 15.9. The molecule has 0 amide bonds. The van der Waals surface area contributed by atoms with E-state index in [9.17, 15) is 4.39 Å². The molecule has 5 heteroatoms. The van der Waals surface area contributed by atoms with Crippen LogP contribution in [-0.4, -0.2) is 20.6 Å². The largest absolute Gasteiger partial charge is 0.351 e. The quantitative estimate of drug-likeness (QED) is 0.784. The molecular formula is C18H19FN4. The Balaban J connectivity index is 1.64. The van der Waals surface area contributed by atoms with Crippen LogP contribution in [0, 0.1) is 5.82 Å².